The number of carbonyl (C=O) groups excluding carboxylic acids is 3. The second-order valence-corrected chi connectivity index (χ2v) is 7.11. The highest BCUT2D eigenvalue weighted by Crippen LogP contribution is 2.38. The summed E-state index contributed by atoms with van der Waals surface area (Å²) >= 11 is 0. The topological polar surface area (TPSA) is 119 Å². The van der Waals surface area contributed by atoms with Crippen LogP contribution in [-0.4, -0.2) is 64.7 Å². The molecule has 2 fully saturated rings. The third kappa shape index (κ3) is 3.83. The quantitative estimate of drug-likeness (QED) is 0.559. The van der Waals surface area contributed by atoms with Crippen LogP contribution in [0.15, 0.2) is 18.2 Å². The van der Waals surface area contributed by atoms with E-state index in [1.165, 1.54) is 4.90 Å². The van der Waals surface area contributed by atoms with E-state index < -0.39 is 46.8 Å². The van der Waals surface area contributed by atoms with Gasteiger partial charge in [0.15, 0.2) is 12.2 Å². The van der Waals surface area contributed by atoms with E-state index in [9.17, 15) is 33.4 Å². The standard InChI is InChI=1S/C18H21F2N3O5/c19-10-1-2-12(11(20)9-10)22-15(26)13(24)14(25)16(27)23-7-4-18(5-8-23)3-6-21-17(18)28/h1-2,9,13-14,24-25H,3-8H2,(H,21,28)(H,22,26)/t13-,14-/m1/s1. The molecule has 2 heterocycles. The second-order valence-electron chi connectivity index (χ2n) is 7.11. The molecule has 1 aromatic rings. The van der Waals surface area contributed by atoms with Gasteiger partial charge in [-0.05, 0) is 31.4 Å². The van der Waals surface area contributed by atoms with Crippen molar-refractivity contribution in [3.63, 3.8) is 0 Å². The molecule has 0 aromatic heterocycles. The van der Waals surface area contributed by atoms with Crippen LogP contribution >= 0.6 is 0 Å². The summed E-state index contributed by atoms with van der Waals surface area (Å²) in [5.41, 5.74) is -0.894. The number of likely N-dealkylation sites (tertiary alicyclic amines) is 1. The molecule has 1 spiro atoms. The Hall–Kier alpha value is -2.59. The molecule has 0 radical (unpaired) electrons. The molecule has 1 aromatic carbocycles. The Morgan fingerprint density at radius 2 is 1.82 bits per heavy atom. The molecule has 2 saturated heterocycles. The summed E-state index contributed by atoms with van der Waals surface area (Å²) < 4.78 is 26.5. The van der Waals surface area contributed by atoms with Crippen LogP contribution in [0.25, 0.3) is 0 Å². The molecule has 3 amide bonds. The second kappa shape index (κ2) is 7.80. The average Bonchev–Trinajstić information content (AvgIpc) is 3.02. The van der Waals surface area contributed by atoms with Gasteiger partial charge in [-0.2, -0.15) is 0 Å². The predicted octanol–water partition coefficient (Wildman–Crippen LogP) is -0.246. The molecule has 0 aliphatic carbocycles. The normalized spacial score (nSPS) is 20.6. The fourth-order valence-electron chi connectivity index (χ4n) is 3.61. The van der Waals surface area contributed by atoms with Gasteiger partial charge in [-0.3, -0.25) is 14.4 Å². The third-order valence-corrected chi connectivity index (χ3v) is 5.41. The highest BCUT2D eigenvalue weighted by molar-refractivity contribution is 5.98. The first-order valence-corrected chi connectivity index (χ1v) is 8.93. The first-order valence-electron chi connectivity index (χ1n) is 8.93. The van der Waals surface area contributed by atoms with E-state index in [-0.39, 0.29) is 19.0 Å². The zero-order valence-corrected chi connectivity index (χ0v) is 15.0. The van der Waals surface area contributed by atoms with Gasteiger partial charge >= 0.3 is 0 Å². The van der Waals surface area contributed by atoms with Crippen LogP contribution in [0.5, 0.6) is 0 Å². The maximum absolute atomic E-state index is 13.6. The van der Waals surface area contributed by atoms with Crippen molar-refractivity contribution in [2.24, 2.45) is 5.41 Å². The van der Waals surface area contributed by atoms with Gasteiger partial charge in [0.05, 0.1) is 11.1 Å². The van der Waals surface area contributed by atoms with Gasteiger partial charge in [0.1, 0.15) is 11.6 Å². The van der Waals surface area contributed by atoms with Crippen molar-refractivity contribution in [2.45, 2.75) is 31.5 Å². The van der Waals surface area contributed by atoms with Gasteiger partial charge in [0.25, 0.3) is 11.8 Å². The lowest BCUT2D eigenvalue weighted by Gasteiger charge is -2.38. The number of carbonyl (C=O) groups is 3. The van der Waals surface area contributed by atoms with Crippen molar-refractivity contribution in [2.75, 3.05) is 25.0 Å². The van der Waals surface area contributed by atoms with E-state index >= 15 is 0 Å². The summed E-state index contributed by atoms with van der Waals surface area (Å²) in [5, 5.41) is 24.8. The number of hydrogen-bond donors (Lipinski definition) is 4. The first kappa shape index (κ1) is 20.2. The van der Waals surface area contributed by atoms with Gasteiger partial charge < -0.3 is 25.7 Å². The van der Waals surface area contributed by atoms with Crippen molar-refractivity contribution in [1.82, 2.24) is 10.2 Å². The summed E-state index contributed by atoms with van der Waals surface area (Å²) in [4.78, 5) is 37.7. The van der Waals surface area contributed by atoms with Crippen molar-refractivity contribution >= 4 is 23.4 Å². The highest BCUT2D eigenvalue weighted by atomic mass is 19.1. The lowest BCUT2D eigenvalue weighted by atomic mass is 9.77. The average molecular weight is 397 g/mol. The van der Waals surface area contributed by atoms with Crippen LogP contribution in [-0.2, 0) is 14.4 Å². The Labute approximate surface area is 159 Å². The lowest BCUT2D eigenvalue weighted by Crippen LogP contribution is -2.53. The molecule has 28 heavy (non-hydrogen) atoms. The van der Waals surface area contributed by atoms with Gasteiger partial charge in [-0.25, -0.2) is 8.78 Å². The summed E-state index contributed by atoms with van der Waals surface area (Å²) in [7, 11) is 0. The first-order chi connectivity index (χ1) is 13.2. The Morgan fingerprint density at radius 1 is 1.14 bits per heavy atom. The minimum Gasteiger partial charge on any atom is -0.380 e. The molecule has 2 atom stereocenters. The number of hydrogen-bond acceptors (Lipinski definition) is 5. The summed E-state index contributed by atoms with van der Waals surface area (Å²) in [6.45, 7) is 1.02. The number of benzene rings is 1. The van der Waals surface area contributed by atoms with E-state index in [1.54, 1.807) is 0 Å². The summed E-state index contributed by atoms with van der Waals surface area (Å²) in [5.74, 6) is -3.99. The van der Waals surface area contributed by atoms with Crippen LogP contribution in [0.2, 0.25) is 0 Å². The van der Waals surface area contributed by atoms with Gasteiger partial charge in [-0.1, -0.05) is 0 Å². The van der Waals surface area contributed by atoms with Crippen molar-refractivity contribution in [3.8, 4) is 0 Å². The molecule has 0 saturated carbocycles. The lowest BCUT2D eigenvalue weighted by molar-refractivity contribution is -0.154. The number of aliphatic hydroxyl groups is 2. The third-order valence-electron chi connectivity index (χ3n) is 5.41. The van der Waals surface area contributed by atoms with E-state index in [0.717, 1.165) is 12.1 Å². The van der Waals surface area contributed by atoms with Crippen LogP contribution < -0.4 is 10.6 Å². The number of amides is 3. The minimum atomic E-state index is -2.14. The monoisotopic (exact) mass is 397 g/mol. The maximum Gasteiger partial charge on any atom is 0.256 e. The summed E-state index contributed by atoms with van der Waals surface area (Å²) in [6, 6.07) is 2.42. The molecule has 4 N–H and O–H groups in total. The van der Waals surface area contributed by atoms with Crippen molar-refractivity contribution in [3.05, 3.63) is 29.8 Å². The number of piperidine rings is 1. The SMILES string of the molecule is O=C(Nc1ccc(F)cc1F)[C@H](O)[C@@H](O)C(=O)N1CCC2(CCNC2=O)CC1. The smallest absolute Gasteiger partial charge is 0.256 e. The zero-order chi connectivity index (χ0) is 20.5. The highest BCUT2D eigenvalue weighted by Gasteiger charge is 2.46. The van der Waals surface area contributed by atoms with Crippen molar-refractivity contribution < 1.29 is 33.4 Å². The number of anilines is 1. The predicted molar refractivity (Wildman–Crippen MR) is 92.9 cm³/mol. The molecule has 0 unspecified atom stereocenters. The Kier molecular flexibility index (Phi) is 5.61. The van der Waals surface area contributed by atoms with Gasteiger partial charge in [0, 0.05) is 25.7 Å². The zero-order valence-electron chi connectivity index (χ0n) is 15.0. The van der Waals surface area contributed by atoms with E-state index in [4.69, 9.17) is 0 Å². The maximum atomic E-state index is 13.6. The Balaban J connectivity index is 1.58. The van der Waals surface area contributed by atoms with Gasteiger partial charge in [-0.15, -0.1) is 0 Å². The number of aliphatic hydroxyl groups excluding tert-OH is 2. The molecule has 2 aliphatic rings. The number of nitrogens with one attached hydrogen (secondary N) is 2. The van der Waals surface area contributed by atoms with Crippen LogP contribution in [0.1, 0.15) is 19.3 Å². The van der Waals surface area contributed by atoms with E-state index in [2.05, 4.69) is 5.32 Å². The minimum absolute atomic E-state index is 0.0408. The van der Waals surface area contributed by atoms with Gasteiger partial charge in [0.2, 0.25) is 5.91 Å². The molecule has 8 nitrogen and oxygen atoms in total. The Bertz CT molecular complexity index is 795. The largest absolute Gasteiger partial charge is 0.380 e. The van der Waals surface area contributed by atoms with Crippen LogP contribution in [0.3, 0.4) is 0 Å². The van der Waals surface area contributed by atoms with Crippen molar-refractivity contribution in [1.29, 1.82) is 0 Å². The molecule has 3 rings (SSSR count). The molecule has 10 heteroatoms. The fraction of sp³-hybridized carbons (Fsp3) is 0.500. The summed E-state index contributed by atoms with van der Waals surface area (Å²) in [6.07, 6.45) is -2.64. The molecular formula is C18H21F2N3O5. The molecule has 152 valence electrons. The van der Waals surface area contributed by atoms with Crippen LogP contribution in [0.4, 0.5) is 14.5 Å². The molecule has 2 aliphatic heterocycles. The fourth-order valence-corrected chi connectivity index (χ4v) is 3.61. The number of nitrogens with zero attached hydrogens (tertiary/aromatic N) is 1. The number of rotatable bonds is 4. The van der Waals surface area contributed by atoms with E-state index in [0.29, 0.717) is 31.9 Å². The van der Waals surface area contributed by atoms with Crippen LogP contribution in [0, 0.1) is 17.0 Å². The number of halogens is 2. The molecular weight excluding hydrogens is 376 g/mol. The van der Waals surface area contributed by atoms with E-state index in [1.807, 2.05) is 5.32 Å². The Morgan fingerprint density at radius 3 is 2.39 bits per heavy atom. The molecule has 0 bridgehead atoms.